The van der Waals surface area contributed by atoms with Crippen LogP contribution in [0.5, 0.6) is 5.75 Å². The van der Waals surface area contributed by atoms with Gasteiger partial charge in [-0.05, 0) is 25.0 Å². The van der Waals surface area contributed by atoms with Gasteiger partial charge in [-0.2, -0.15) is 0 Å². The Morgan fingerprint density at radius 2 is 2.16 bits per heavy atom. The highest BCUT2D eigenvalue weighted by Gasteiger charge is 2.00. The van der Waals surface area contributed by atoms with Gasteiger partial charge < -0.3 is 10.1 Å². The molecule has 4 nitrogen and oxygen atoms in total. The van der Waals surface area contributed by atoms with E-state index in [9.17, 15) is 0 Å². The molecule has 2 aromatic rings. The van der Waals surface area contributed by atoms with Crippen LogP contribution >= 0.6 is 11.6 Å². The molecule has 0 fully saturated rings. The predicted molar refractivity (Wildman–Crippen MR) is 76.8 cm³/mol. The zero-order chi connectivity index (χ0) is 13.5. The molecule has 0 aliphatic carbocycles. The number of halogens is 1. The summed E-state index contributed by atoms with van der Waals surface area (Å²) in [5.74, 6) is 1.59. The average Bonchev–Trinajstić information content (AvgIpc) is 2.42. The van der Waals surface area contributed by atoms with Crippen LogP contribution in [0.1, 0.15) is 12.0 Å². The molecule has 0 atom stereocenters. The number of aryl methyl sites for hydroxylation is 1. The number of ether oxygens (including phenoxy) is 1. The molecule has 0 saturated heterocycles. The number of benzene rings is 1. The second-order valence-corrected chi connectivity index (χ2v) is 4.52. The Morgan fingerprint density at radius 1 is 1.32 bits per heavy atom. The van der Waals surface area contributed by atoms with Crippen molar-refractivity contribution in [1.82, 2.24) is 9.97 Å². The van der Waals surface area contributed by atoms with Crippen LogP contribution in [0.15, 0.2) is 36.8 Å². The monoisotopic (exact) mass is 277 g/mol. The Bertz CT molecular complexity index is 486. The number of hydrogen-bond acceptors (Lipinski definition) is 4. The maximum Gasteiger partial charge on any atom is 0.148 e. The minimum atomic E-state index is 0.530. The highest BCUT2D eigenvalue weighted by Crippen LogP contribution is 2.17. The molecule has 0 amide bonds. The number of para-hydroxylation sites is 1. The summed E-state index contributed by atoms with van der Waals surface area (Å²) in [5, 5.41) is 3.68. The minimum Gasteiger partial charge on any atom is -0.493 e. The molecule has 0 aliphatic heterocycles. The Kier molecular flexibility index (Phi) is 4.98. The van der Waals surface area contributed by atoms with Gasteiger partial charge in [0.1, 0.15) is 22.9 Å². The topological polar surface area (TPSA) is 47.0 Å². The fourth-order valence-electron chi connectivity index (χ4n) is 1.62. The number of nitrogens with zero attached hydrogens (tertiary/aromatic N) is 2. The SMILES string of the molecule is Cc1ccccc1OCCCNc1ncncc1Cl. The molecule has 1 aromatic carbocycles. The number of rotatable bonds is 6. The normalized spacial score (nSPS) is 10.2. The van der Waals surface area contributed by atoms with Gasteiger partial charge in [-0.1, -0.05) is 29.8 Å². The summed E-state index contributed by atoms with van der Waals surface area (Å²) in [6.45, 7) is 3.44. The Labute approximate surface area is 117 Å². The van der Waals surface area contributed by atoms with Gasteiger partial charge in [0, 0.05) is 6.54 Å². The lowest BCUT2D eigenvalue weighted by Gasteiger charge is -2.09. The molecule has 0 unspecified atom stereocenters. The van der Waals surface area contributed by atoms with E-state index in [4.69, 9.17) is 16.3 Å². The second kappa shape index (κ2) is 6.95. The minimum absolute atomic E-state index is 0.530. The lowest BCUT2D eigenvalue weighted by atomic mass is 10.2. The third-order valence-electron chi connectivity index (χ3n) is 2.63. The van der Waals surface area contributed by atoms with Crippen LogP contribution in [0.2, 0.25) is 5.02 Å². The summed E-state index contributed by atoms with van der Waals surface area (Å²) in [6.07, 6.45) is 3.91. The molecule has 1 aromatic heterocycles. The maximum atomic E-state index is 5.93. The van der Waals surface area contributed by atoms with Gasteiger partial charge >= 0.3 is 0 Å². The van der Waals surface area contributed by atoms with Crippen molar-refractivity contribution in [2.24, 2.45) is 0 Å². The first-order valence-electron chi connectivity index (χ1n) is 6.15. The molecule has 0 saturated carbocycles. The summed E-state index contributed by atoms with van der Waals surface area (Å²) < 4.78 is 5.70. The Balaban J connectivity index is 1.71. The van der Waals surface area contributed by atoms with E-state index in [1.807, 2.05) is 31.2 Å². The van der Waals surface area contributed by atoms with E-state index in [-0.39, 0.29) is 0 Å². The Morgan fingerprint density at radius 3 is 2.95 bits per heavy atom. The van der Waals surface area contributed by atoms with Crippen molar-refractivity contribution in [1.29, 1.82) is 0 Å². The van der Waals surface area contributed by atoms with E-state index in [1.165, 1.54) is 6.33 Å². The fourth-order valence-corrected chi connectivity index (χ4v) is 1.79. The first kappa shape index (κ1) is 13.6. The van der Waals surface area contributed by atoms with E-state index in [0.717, 1.165) is 24.3 Å². The molecule has 0 aliphatic rings. The van der Waals surface area contributed by atoms with E-state index in [0.29, 0.717) is 17.4 Å². The van der Waals surface area contributed by atoms with Crippen molar-refractivity contribution in [2.75, 3.05) is 18.5 Å². The van der Waals surface area contributed by atoms with E-state index >= 15 is 0 Å². The van der Waals surface area contributed by atoms with Crippen molar-refractivity contribution >= 4 is 17.4 Å². The molecule has 0 spiro atoms. The molecule has 5 heteroatoms. The van der Waals surface area contributed by atoms with Crippen LogP contribution in [0.25, 0.3) is 0 Å². The third-order valence-corrected chi connectivity index (χ3v) is 2.91. The molecular formula is C14H16ClN3O. The maximum absolute atomic E-state index is 5.93. The van der Waals surface area contributed by atoms with Crippen LogP contribution in [0.4, 0.5) is 5.82 Å². The zero-order valence-electron chi connectivity index (χ0n) is 10.8. The standard InChI is InChI=1S/C14H16ClN3O/c1-11-5-2-3-6-13(11)19-8-4-7-17-14-12(15)9-16-10-18-14/h2-3,5-6,9-10H,4,7-8H2,1H3,(H,16,17,18). The van der Waals surface area contributed by atoms with Crippen LogP contribution in [0.3, 0.4) is 0 Å². The summed E-state index contributed by atoms with van der Waals surface area (Å²) in [5.41, 5.74) is 1.15. The average molecular weight is 278 g/mol. The molecule has 0 radical (unpaired) electrons. The first-order valence-corrected chi connectivity index (χ1v) is 6.53. The van der Waals surface area contributed by atoms with Crippen molar-refractivity contribution < 1.29 is 4.74 Å². The largest absolute Gasteiger partial charge is 0.493 e. The third kappa shape index (κ3) is 4.10. The van der Waals surface area contributed by atoms with Gasteiger partial charge in [0.25, 0.3) is 0 Å². The van der Waals surface area contributed by atoms with E-state index in [1.54, 1.807) is 6.20 Å². The van der Waals surface area contributed by atoms with Crippen LogP contribution in [-0.2, 0) is 0 Å². The number of hydrogen-bond donors (Lipinski definition) is 1. The van der Waals surface area contributed by atoms with E-state index < -0.39 is 0 Å². The highest BCUT2D eigenvalue weighted by atomic mass is 35.5. The summed E-state index contributed by atoms with van der Waals surface area (Å²) in [6, 6.07) is 7.99. The lowest BCUT2D eigenvalue weighted by Crippen LogP contribution is -2.09. The van der Waals surface area contributed by atoms with E-state index in [2.05, 4.69) is 15.3 Å². The molecule has 0 bridgehead atoms. The lowest BCUT2D eigenvalue weighted by molar-refractivity contribution is 0.313. The van der Waals surface area contributed by atoms with Crippen molar-refractivity contribution in [3.63, 3.8) is 0 Å². The van der Waals surface area contributed by atoms with Gasteiger partial charge in [0.05, 0.1) is 12.8 Å². The molecular weight excluding hydrogens is 262 g/mol. The molecule has 100 valence electrons. The number of aromatic nitrogens is 2. The first-order chi connectivity index (χ1) is 9.27. The van der Waals surface area contributed by atoms with Gasteiger partial charge in [0.15, 0.2) is 0 Å². The van der Waals surface area contributed by atoms with Crippen LogP contribution < -0.4 is 10.1 Å². The van der Waals surface area contributed by atoms with Gasteiger partial charge in [0.2, 0.25) is 0 Å². The summed E-state index contributed by atoms with van der Waals surface area (Å²) in [4.78, 5) is 7.88. The number of nitrogens with one attached hydrogen (secondary N) is 1. The Hall–Kier alpha value is -1.81. The van der Waals surface area contributed by atoms with Crippen LogP contribution in [0, 0.1) is 6.92 Å². The summed E-state index contributed by atoms with van der Waals surface area (Å²) >= 11 is 5.93. The van der Waals surface area contributed by atoms with Crippen molar-refractivity contribution in [3.05, 3.63) is 47.4 Å². The quantitative estimate of drug-likeness (QED) is 0.823. The van der Waals surface area contributed by atoms with Crippen molar-refractivity contribution in [2.45, 2.75) is 13.3 Å². The zero-order valence-corrected chi connectivity index (χ0v) is 11.5. The molecule has 1 heterocycles. The van der Waals surface area contributed by atoms with Crippen molar-refractivity contribution in [3.8, 4) is 5.75 Å². The summed E-state index contributed by atoms with van der Waals surface area (Å²) in [7, 11) is 0. The van der Waals surface area contributed by atoms with Gasteiger partial charge in [-0.3, -0.25) is 0 Å². The smallest absolute Gasteiger partial charge is 0.148 e. The highest BCUT2D eigenvalue weighted by molar-refractivity contribution is 6.32. The second-order valence-electron chi connectivity index (χ2n) is 4.11. The van der Waals surface area contributed by atoms with Gasteiger partial charge in [-0.15, -0.1) is 0 Å². The number of anilines is 1. The molecule has 2 rings (SSSR count). The molecule has 19 heavy (non-hydrogen) atoms. The molecule has 1 N–H and O–H groups in total. The predicted octanol–water partition coefficient (Wildman–Crippen LogP) is 3.32. The van der Waals surface area contributed by atoms with Gasteiger partial charge in [-0.25, -0.2) is 9.97 Å². The van der Waals surface area contributed by atoms with Crippen LogP contribution in [-0.4, -0.2) is 23.1 Å². The fraction of sp³-hybridized carbons (Fsp3) is 0.286.